The summed E-state index contributed by atoms with van der Waals surface area (Å²) >= 11 is 3.39. The second-order valence-electron chi connectivity index (χ2n) is 8.56. The molecule has 0 radical (unpaired) electrons. The molecule has 30 heavy (non-hydrogen) atoms. The van der Waals surface area contributed by atoms with Crippen molar-refractivity contribution in [3.63, 3.8) is 0 Å². The molecule has 0 aliphatic carbocycles. The van der Waals surface area contributed by atoms with Crippen LogP contribution >= 0.6 is 15.9 Å². The Morgan fingerprint density at radius 3 is 1.73 bits per heavy atom. The lowest BCUT2D eigenvalue weighted by atomic mass is 10.0. The highest BCUT2D eigenvalue weighted by Crippen LogP contribution is 2.13. The quantitative estimate of drug-likeness (QED) is 0.0590. The van der Waals surface area contributed by atoms with Crippen molar-refractivity contribution >= 4 is 21.9 Å². The minimum Gasteiger partial charge on any atom is -0.461 e. The maximum Gasteiger partial charge on any atom is 0.306 e. The molecule has 0 rings (SSSR count). The molecule has 0 saturated heterocycles. The molecule has 0 saturated carbocycles. The molecule has 0 atom stereocenters. The van der Waals surface area contributed by atoms with Crippen LogP contribution < -0.4 is 0 Å². The molecule has 0 aliphatic rings. The fourth-order valence-corrected chi connectivity index (χ4v) is 3.85. The zero-order valence-corrected chi connectivity index (χ0v) is 21.5. The van der Waals surface area contributed by atoms with Crippen molar-refractivity contribution < 1.29 is 14.3 Å². The topological polar surface area (TPSA) is 35.5 Å². The number of esters is 1. The van der Waals surface area contributed by atoms with E-state index in [1.165, 1.54) is 83.5 Å². The molecule has 0 amide bonds. The first-order valence-corrected chi connectivity index (χ1v) is 13.8. The Balaban J connectivity index is 3.22. The van der Waals surface area contributed by atoms with Gasteiger partial charge in [0.15, 0.2) is 0 Å². The summed E-state index contributed by atoms with van der Waals surface area (Å²) in [4.78, 5) is 11.6. The van der Waals surface area contributed by atoms with Crippen molar-refractivity contribution in [2.75, 3.05) is 25.2 Å². The summed E-state index contributed by atoms with van der Waals surface area (Å²) in [7, 11) is 0. The molecule has 0 aromatic heterocycles. The summed E-state index contributed by atoms with van der Waals surface area (Å²) in [6.45, 7) is 7.77. The Labute approximate surface area is 195 Å². The largest absolute Gasteiger partial charge is 0.461 e. The van der Waals surface area contributed by atoms with Gasteiger partial charge in [0, 0.05) is 18.4 Å². The molecule has 0 aromatic rings. The average molecular weight is 490 g/mol. The molecule has 0 aromatic carbocycles. The Morgan fingerprint density at radius 1 is 0.700 bits per heavy atom. The third-order valence-electron chi connectivity index (χ3n) is 5.40. The minimum atomic E-state index is -0.127. The van der Waals surface area contributed by atoms with E-state index in [4.69, 9.17) is 9.47 Å². The van der Waals surface area contributed by atoms with Crippen molar-refractivity contribution in [3.05, 3.63) is 12.2 Å². The number of rotatable bonds is 24. The summed E-state index contributed by atoms with van der Waals surface area (Å²) in [5, 5.41) is 0.996. The van der Waals surface area contributed by atoms with E-state index in [1.54, 1.807) is 0 Å². The molecule has 0 heterocycles. The molecule has 178 valence electrons. The van der Waals surface area contributed by atoms with Crippen LogP contribution in [0.2, 0.25) is 0 Å². The van der Waals surface area contributed by atoms with Gasteiger partial charge in [-0.2, -0.15) is 0 Å². The molecule has 3 nitrogen and oxygen atoms in total. The van der Waals surface area contributed by atoms with Gasteiger partial charge in [0.1, 0.15) is 6.61 Å². The van der Waals surface area contributed by atoms with Gasteiger partial charge in [-0.3, -0.25) is 4.79 Å². The summed E-state index contributed by atoms with van der Waals surface area (Å²) in [5.41, 5.74) is 0.842. The molecule has 0 bridgehead atoms. The van der Waals surface area contributed by atoms with Crippen LogP contribution in [-0.4, -0.2) is 31.1 Å². The third kappa shape index (κ3) is 23.9. The van der Waals surface area contributed by atoms with E-state index < -0.39 is 0 Å². The van der Waals surface area contributed by atoms with Crippen molar-refractivity contribution in [1.29, 1.82) is 0 Å². The fourth-order valence-electron chi connectivity index (χ4n) is 3.45. The summed E-state index contributed by atoms with van der Waals surface area (Å²) in [6.07, 6.45) is 22.7. The van der Waals surface area contributed by atoms with Crippen LogP contribution in [0.3, 0.4) is 0 Å². The van der Waals surface area contributed by atoms with Crippen LogP contribution in [0.25, 0.3) is 0 Å². The van der Waals surface area contributed by atoms with Crippen LogP contribution in [0.5, 0.6) is 0 Å². The predicted molar refractivity (Wildman–Crippen MR) is 133 cm³/mol. The molecular weight excluding hydrogens is 440 g/mol. The monoisotopic (exact) mass is 488 g/mol. The molecule has 0 fully saturated rings. The van der Waals surface area contributed by atoms with E-state index in [0.717, 1.165) is 43.2 Å². The number of hydrogen-bond donors (Lipinski definition) is 0. The lowest BCUT2D eigenvalue weighted by Crippen LogP contribution is -2.10. The maximum atomic E-state index is 11.6. The first-order chi connectivity index (χ1) is 14.7. The first kappa shape index (κ1) is 29.7. The summed E-state index contributed by atoms with van der Waals surface area (Å²) < 4.78 is 10.9. The van der Waals surface area contributed by atoms with Gasteiger partial charge in [-0.25, -0.2) is 0 Å². The highest BCUT2D eigenvalue weighted by Gasteiger charge is 2.04. The van der Waals surface area contributed by atoms with E-state index >= 15 is 0 Å². The van der Waals surface area contributed by atoms with Gasteiger partial charge in [-0.1, -0.05) is 119 Å². The molecule has 0 spiro atoms. The normalized spacial score (nSPS) is 11.0. The number of carbonyl (C=O) groups is 1. The van der Waals surface area contributed by atoms with Gasteiger partial charge in [0.2, 0.25) is 0 Å². The number of halogens is 1. The molecule has 0 aliphatic heterocycles. The van der Waals surface area contributed by atoms with Crippen molar-refractivity contribution in [1.82, 2.24) is 0 Å². The van der Waals surface area contributed by atoms with Crippen LogP contribution in [-0.2, 0) is 14.3 Å². The fraction of sp³-hybridized carbons (Fsp3) is 0.885. The number of unbranched alkanes of at least 4 members (excludes halogenated alkanes) is 15. The number of hydrogen-bond acceptors (Lipinski definition) is 3. The standard InChI is InChI=1S/C26H49BrO3/c1-3-4-5-6-7-8-9-10-11-12-13-14-15-19-22-29-23-25(2)24-30-26(28)20-17-16-18-21-27/h2-24H2,1H3. The molecule has 4 heteroatoms. The van der Waals surface area contributed by atoms with Gasteiger partial charge in [-0.05, 0) is 24.8 Å². The lowest BCUT2D eigenvalue weighted by Gasteiger charge is -2.09. The van der Waals surface area contributed by atoms with Crippen LogP contribution in [0.4, 0.5) is 0 Å². The van der Waals surface area contributed by atoms with E-state index in [1.807, 2.05) is 0 Å². The number of alkyl halides is 1. The Hall–Kier alpha value is -0.350. The smallest absolute Gasteiger partial charge is 0.306 e. The van der Waals surface area contributed by atoms with Gasteiger partial charge in [-0.15, -0.1) is 0 Å². The molecular formula is C26H49BrO3. The van der Waals surface area contributed by atoms with Crippen molar-refractivity contribution in [3.8, 4) is 0 Å². The lowest BCUT2D eigenvalue weighted by molar-refractivity contribution is -0.142. The maximum absolute atomic E-state index is 11.6. The number of carbonyl (C=O) groups excluding carboxylic acids is 1. The molecule has 0 unspecified atom stereocenters. The van der Waals surface area contributed by atoms with Crippen molar-refractivity contribution in [2.45, 2.75) is 122 Å². The van der Waals surface area contributed by atoms with Crippen LogP contribution in [0.1, 0.15) is 122 Å². The van der Waals surface area contributed by atoms with E-state index in [9.17, 15) is 4.79 Å². The van der Waals surface area contributed by atoms with E-state index in [2.05, 4.69) is 29.4 Å². The van der Waals surface area contributed by atoms with E-state index in [-0.39, 0.29) is 12.6 Å². The van der Waals surface area contributed by atoms with E-state index in [0.29, 0.717) is 13.0 Å². The highest BCUT2D eigenvalue weighted by molar-refractivity contribution is 9.09. The third-order valence-corrected chi connectivity index (χ3v) is 5.96. The predicted octanol–water partition coefficient (Wildman–Crippen LogP) is 8.54. The minimum absolute atomic E-state index is 0.127. The average Bonchev–Trinajstić information content (AvgIpc) is 2.75. The second-order valence-corrected chi connectivity index (χ2v) is 9.35. The first-order valence-electron chi connectivity index (χ1n) is 12.7. The SMILES string of the molecule is C=C(COCCCCCCCCCCCCCCCC)COC(=O)CCCCCBr. The summed E-state index contributed by atoms with van der Waals surface area (Å²) in [6, 6.07) is 0. The zero-order valence-electron chi connectivity index (χ0n) is 19.9. The Kier molecular flexibility index (Phi) is 24.6. The second kappa shape index (κ2) is 24.9. The van der Waals surface area contributed by atoms with Gasteiger partial charge in [0.05, 0.1) is 6.61 Å². The van der Waals surface area contributed by atoms with Crippen LogP contribution in [0, 0.1) is 0 Å². The number of ether oxygens (including phenoxy) is 2. The Morgan fingerprint density at radius 2 is 1.20 bits per heavy atom. The zero-order chi connectivity index (χ0) is 22.1. The van der Waals surface area contributed by atoms with Gasteiger partial charge >= 0.3 is 5.97 Å². The molecule has 0 N–H and O–H groups in total. The summed E-state index contributed by atoms with van der Waals surface area (Å²) in [5.74, 6) is -0.127. The van der Waals surface area contributed by atoms with Gasteiger partial charge in [0.25, 0.3) is 0 Å². The van der Waals surface area contributed by atoms with Crippen molar-refractivity contribution in [2.24, 2.45) is 0 Å². The van der Waals surface area contributed by atoms with Gasteiger partial charge < -0.3 is 9.47 Å². The highest BCUT2D eigenvalue weighted by atomic mass is 79.9. The van der Waals surface area contributed by atoms with Crippen LogP contribution in [0.15, 0.2) is 12.2 Å². The Bertz CT molecular complexity index is 384.